The Morgan fingerprint density at radius 1 is 1.42 bits per heavy atom. The molecule has 2 rings (SSSR count). The average molecular weight is 289 g/mol. The van der Waals surface area contributed by atoms with Crippen LogP contribution in [0.4, 0.5) is 0 Å². The number of carbonyl (C=O) groups is 1. The standard InChI is InChI=1S/C13H23NO4S/c1-10-3-2-5-13(7-10,9-15)14-12(16)11-4-6-19(17,18)8-11/h10-11,15H,2-9H2,1H3,(H,14,16). The van der Waals surface area contributed by atoms with Gasteiger partial charge in [0.2, 0.25) is 5.91 Å². The van der Waals surface area contributed by atoms with E-state index in [1.165, 1.54) is 0 Å². The van der Waals surface area contributed by atoms with Crippen LogP contribution in [0.3, 0.4) is 0 Å². The summed E-state index contributed by atoms with van der Waals surface area (Å²) in [7, 11) is -3.04. The summed E-state index contributed by atoms with van der Waals surface area (Å²) >= 11 is 0. The maximum atomic E-state index is 12.2. The minimum Gasteiger partial charge on any atom is -0.394 e. The zero-order chi connectivity index (χ0) is 14.1. The predicted molar refractivity (Wildman–Crippen MR) is 72.4 cm³/mol. The van der Waals surface area contributed by atoms with Gasteiger partial charge in [0.1, 0.15) is 0 Å². The van der Waals surface area contributed by atoms with Crippen molar-refractivity contribution in [3.8, 4) is 0 Å². The van der Waals surface area contributed by atoms with Crippen molar-refractivity contribution in [1.29, 1.82) is 0 Å². The molecule has 0 spiro atoms. The molecule has 3 unspecified atom stereocenters. The van der Waals surface area contributed by atoms with Gasteiger partial charge in [-0.05, 0) is 25.2 Å². The highest BCUT2D eigenvalue weighted by Crippen LogP contribution is 2.32. The molecule has 0 radical (unpaired) electrons. The molecule has 1 aliphatic heterocycles. The van der Waals surface area contributed by atoms with Crippen molar-refractivity contribution in [3.63, 3.8) is 0 Å². The van der Waals surface area contributed by atoms with E-state index in [0.29, 0.717) is 12.3 Å². The van der Waals surface area contributed by atoms with Crippen molar-refractivity contribution < 1.29 is 18.3 Å². The summed E-state index contributed by atoms with van der Waals surface area (Å²) < 4.78 is 22.8. The Hall–Kier alpha value is -0.620. The molecule has 2 N–H and O–H groups in total. The molecule has 6 heteroatoms. The van der Waals surface area contributed by atoms with Crippen LogP contribution in [-0.4, -0.2) is 43.1 Å². The second-order valence-electron chi connectivity index (χ2n) is 6.23. The summed E-state index contributed by atoms with van der Waals surface area (Å²) in [4.78, 5) is 12.2. The Balaban J connectivity index is 2.00. The van der Waals surface area contributed by atoms with Crippen LogP contribution < -0.4 is 5.32 Å². The predicted octanol–water partition coefficient (Wildman–Crippen LogP) is 0.478. The lowest BCUT2D eigenvalue weighted by Gasteiger charge is -2.40. The lowest BCUT2D eigenvalue weighted by atomic mass is 9.76. The third kappa shape index (κ3) is 3.48. The van der Waals surface area contributed by atoms with Gasteiger partial charge in [-0.1, -0.05) is 19.8 Å². The summed E-state index contributed by atoms with van der Waals surface area (Å²) in [5.74, 6) is -0.104. The summed E-state index contributed by atoms with van der Waals surface area (Å²) in [5, 5.41) is 12.6. The lowest BCUT2D eigenvalue weighted by molar-refractivity contribution is -0.127. The number of sulfone groups is 1. The molecule has 5 nitrogen and oxygen atoms in total. The minimum atomic E-state index is -3.04. The molecule has 3 atom stereocenters. The van der Waals surface area contributed by atoms with Crippen LogP contribution in [0.1, 0.15) is 39.0 Å². The molecule has 1 saturated heterocycles. The Bertz CT molecular complexity index is 448. The first-order valence-electron chi connectivity index (χ1n) is 6.99. The molecule has 0 aromatic heterocycles. The van der Waals surface area contributed by atoms with Gasteiger partial charge in [-0.3, -0.25) is 4.79 Å². The molecule has 1 aliphatic carbocycles. The second kappa shape index (κ2) is 5.40. The van der Waals surface area contributed by atoms with Crippen molar-refractivity contribution in [1.82, 2.24) is 5.32 Å². The summed E-state index contributed by atoms with van der Waals surface area (Å²) in [5.41, 5.74) is -0.541. The topological polar surface area (TPSA) is 83.5 Å². The third-order valence-corrected chi connectivity index (χ3v) is 6.15. The lowest BCUT2D eigenvalue weighted by Crippen LogP contribution is -2.55. The van der Waals surface area contributed by atoms with E-state index < -0.39 is 21.3 Å². The molecule has 2 aliphatic rings. The Morgan fingerprint density at radius 3 is 2.68 bits per heavy atom. The Labute approximate surface area is 114 Å². The van der Waals surface area contributed by atoms with E-state index in [-0.39, 0.29) is 24.0 Å². The van der Waals surface area contributed by atoms with E-state index in [1.54, 1.807) is 0 Å². The molecular formula is C13H23NO4S. The van der Waals surface area contributed by atoms with Crippen molar-refractivity contribution in [2.24, 2.45) is 11.8 Å². The molecule has 0 aromatic carbocycles. The first-order valence-corrected chi connectivity index (χ1v) is 8.81. The minimum absolute atomic E-state index is 0.0457. The van der Waals surface area contributed by atoms with Crippen molar-refractivity contribution in [3.05, 3.63) is 0 Å². The molecule has 2 fully saturated rings. The molecular weight excluding hydrogens is 266 g/mol. The van der Waals surface area contributed by atoms with Crippen LogP contribution >= 0.6 is 0 Å². The molecule has 110 valence electrons. The van der Waals surface area contributed by atoms with Crippen LogP contribution in [0.15, 0.2) is 0 Å². The third-order valence-electron chi connectivity index (χ3n) is 4.39. The van der Waals surface area contributed by atoms with Gasteiger partial charge in [0.15, 0.2) is 9.84 Å². The van der Waals surface area contributed by atoms with Gasteiger partial charge in [-0.2, -0.15) is 0 Å². The molecule has 1 saturated carbocycles. The highest BCUT2D eigenvalue weighted by molar-refractivity contribution is 7.91. The molecule has 0 bridgehead atoms. The highest BCUT2D eigenvalue weighted by Gasteiger charge is 2.40. The van der Waals surface area contributed by atoms with Crippen molar-refractivity contribution in [2.75, 3.05) is 18.1 Å². The fourth-order valence-electron chi connectivity index (χ4n) is 3.32. The van der Waals surface area contributed by atoms with E-state index >= 15 is 0 Å². The average Bonchev–Trinajstić information content (AvgIpc) is 2.70. The number of aliphatic hydroxyl groups excluding tert-OH is 1. The normalized spacial score (nSPS) is 38.0. The maximum absolute atomic E-state index is 12.2. The Morgan fingerprint density at radius 2 is 2.16 bits per heavy atom. The number of rotatable bonds is 3. The van der Waals surface area contributed by atoms with E-state index in [1.807, 2.05) is 0 Å². The van der Waals surface area contributed by atoms with Gasteiger partial charge in [-0.25, -0.2) is 8.42 Å². The van der Waals surface area contributed by atoms with Gasteiger partial charge in [-0.15, -0.1) is 0 Å². The molecule has 1 amide bonds. The van der Waals surface area contributed by atoms with Crippen molar-refractivity contribution >= 4 is 15.7 Å². The van der Waals surface area contributed by atoms with Crippen LogP contribution in [0.5, 0.6) is 0 Å². The van der Waals surface area contributed by atoms with Gasteiger partial charge < -0.3 is 10.4 Å². The van der Waals surface area contributed by atoms with E-state index in [0.717, 1.165) is 25.7 Å². The monoisotopic (exact) mass is 289 g/mol. The van der Waals surface area contributed by atoms with Crippen LogP contribution in [-0.2, 0) is 14.6 Å². The van der Waals surface area contributed by atoms with Gasteiger partial charge >= 0.3 is 0 Å². The van der Waals surface area contributed by atoms with Crippen molar-refractivity contribution in [2.45, 2.75) is 44.6 Å². The number of carbonyl (C=O) groups excluding carboxylic acids is 1. The van der Waals surface area contributed by atoms with Crippen LogP contribution in [0.2, 0.25) is 0 Å². The SMILES string of the molecule is CC1CCCC(CO)(NC(=O)C2CCS(=O)(=O)C2)C1. The highest BCUT2D eigenvalue weighted by atomic mass is 32.2. The van der Waals surface area contributed by atoms with Gasteiger partial charge in [0.25, 0.3) is 0 Å². The first-order chi connectivity index (χ1) is 8.86. The maximum Gasteiger partial charge on any atom is 0.224 e. The van der Waals surface area contributed by atoms with E-state index in [9.17, 15) is 18.3 Å². The first kappa shape index (κ1) is 14.8. The fraction of sp³-hybridized carbons (Fsp3) is 0.923. The largest absolute Gasteiger partial charge is 0.394 e. The van der Waals surface area contributed by atoms with E-state index in [4.69, 9.17) is 0 Å². The number of hydrogen-bond acceptors (Lipinski definition) is 4. The van der Waals surface area contributed by atoms with Crippen LogP contribution in [0, 0.1) is 11.8 Å². The fourth-order valence-corrected chi connectivity index (χ4v) is 5.06. The number of aliphatic hydroxyl groups is 1. The number of nitrogens with one attached hydrogen (secondary N) is 1. The van der Waals surface area contributed by atoms with Gasteiger partial charge in [0.05, 0.1) is 29.6 Å². The summed E-state index contributed by atoms with van der Waals surface area (Å²) in [6, 6.07) is 0. The Kier molecular flexibility index (Phi) is 4.20. The quantitative estimate of drug-likeness (QED) is 0.791. The summed E-state index contributed by atoms with van der Waals surface area (Å²) in [6.07, 6.45) is 4.07. The molecule has 0 aromatic rings. The van der Waals surface area contributed by atoms with Crippen LogP contribution in [0.25, 0.3) is 0 Å². The smallest absolute Gasteiger partial charge is 0.224 e. The zero-order valence-corrected chi connectivity index (χ0v) is 12.2. The summed E-state index contributed by atoms with van der Waals surface area (Å²) in [6.45, 7) is 2.05. The number of hydrogen-bond donors (Lipinski definition) is 2. The van der Waals surface area contributed by atoms with Gasteiger partial charge in [0, 0.05) is 0 Å². The molecule has 19 heavy (non-hydrogen) atoms. The second-order valence-corrected chi connectivity index (χ2v) is 8.46. The molecule has 1 heterocycles. The number of amides is 1. The zero-order valence-electron chi connectivity index (χ0n) is 11.4. The van der Waals surface area contributed by atoms with E-state index in [2.05, 4.69) is 12.2 Å².